The van der Waals surface area contributed by atoms with Crippen molar-refractivity contribution < 1.29 is 28.9 Å². The number of alkyl halides is 1. The molecule has 2 heterocycles. The Balaban J connectivity index is 0.000000242. The number of hydrogen-bond acceptors (Lipinski definition) is 8. The van der Waals surface area contributed by atoms with Crippen molar-refractivity contribution in [1.82, 2.24) is 19.6 Å². The van der Waals surface area contributed by atoms with Crippen LogP contribution in [0, 0.1) is 0 Å². The van der Waals surface area contributed by atoms with Gasteiger partial charge < -0.3 is 19.3 Å². The summed E-state index contributed by atoms with van der Waals surface area (Å²) in [5.41, 5.74) is 3.55. The molecule has 2 unspecified atom stereocenters. The summed E-state index contributed by atoms with van der Waals surface area (Å²) in [6.45, 7) is 4.28. The van der Waals surface area contributed by atoms with E-state index < -0.39 is 6.10 Å². The Bertz CT molecular complexity index is 1300. The smallest absolute Gasteiger partial charge is 0.332 e. The molecule has 0 saturated carbocycles. The van der Waals surface area contributed by atoms with Crippen LogP contribution in [-0.4, -0.2) is 61.8 Å². The summed E-state index contributed by atoms with van der Waals surface area (Å²) >= 11 is 2.94. The zero-order valence-electron chi connectivity index (χ0n) is 23.7. The van der Waals surface area contributed by atoms with E-state index in [9.17, 15) is 14.7 Å². The first-order chi connectivity index (χ1) is 19.8. The minimum Gasteiger partial charge on any atom is -0.465 e. The molecule has 0 amide bonds. The minimum absolute atomic E-state index is 0.0847. The highest BCUT2D eigenvalue weighted by Crippen LogP contribution is 2.25. The van der Waals surface area contributed by atoms with Gasteiger partial charge in [0, 0.05) is 26.5 Å². The predicted molar refractivity (Wildman–Crippen MR) is 158 cm³/mol. The van der Waals surface area contributed by atoms with Crippen molar-refractivity contribution in [1.29, 1.82) is 0 Å². The third kappa shape index (κ3) is 11.3. The number of aliphatic hydroxyl groups excluding tert-OH is 1. The minimum atomic E-state index is -0.594. The van der Waals surface area contributed by atoms with Crippen LogP contribution in [-0.2, 0) is 37.9 Å². The molecule has 4 rings (SSSR count). The Morgan fingerprint density at radius 2 is 1.27 bits per heavy atom. The Kier molecular flexibility index (Phi) is 15.1. The molecule has 2 aromatic carbocycles. The number of hydrogen-bond donors (Lipinski definition) is 1. The second kappa shape index (κ2) is 18.5. The van der Waals surface area contributed by atoms with Gasteiger partial charge in [-0.15, -0.1) is 0 Å². The summed E-state index contributed by atoms with van der Waals surface area (Å²) in [6.07, 6.45) is 2.46. The van der Waals surface area contributed by atoms with E-state index in [4.69, 9.17) is 9.47 Å². The van der Waals surface area contributed by atoms with Crippen molar-refractivity contribution in [2.75, 3.05) is 25.2 Å². The lowest BCUT2D eigenvalue weighted by molar-refractivity contribution is -0.150. The van der Waals surface area contributed by atoms with Gasteiger partial charge in [-0.1, -0.05) is 76.6 Å². The average molecular weight is 630 g/mol. The van der Waals surface area contributed by atoms with Gasteiger partial charge in [0.1, 0.15) is 24.1 Å². The number of esters is 2. The van der Waals surface area contributed by atoms with E-state index in [2.05, 4.69) is 30.9 Å². The Morgan fingerprint density at radius 1 is 0.780 bits per heavy atom. The highest BCUT2D eigenvalue weighted by molar-refractivity contribution is 9.09. The van der Waals surface area contributed by atoms with E-state index in [1.807, 2.05) is 86.9 Å². The number of aryl methyl sites for hydroxylation is 2. The predicted octanol–water partition coefficient (Wildman–Crippen LogP) is 4.54. The molecule has 2 atom stereocenters. The number of aliphatic hydroxyl groups is 1. The van der Waals surface area contributed by atoms with Crippen LogP contribution in [0.25, 0.3) is 0 Å². The summed E-state index contributed by atoms with van der Waals surface area (Å²) in [7, 11) is 3.67. The second-order valence-corrected chi connectivity index (χ2v) is 8.98. The molecule has 0 bridgehead atoms. The van der Waals surface area contributed by atoms with Gasteiger partial charge in [0.25, 0.3) is 0 Å². The van der Waals surface area contributed by atoms with Gasteiger partial charge >= 0.3 is 11.9 Å². The van der Waals surface area contributed by atoms with Crippen molar-refractivity contribution in [2.24, 2.45) is 14.1 Å². The molecule has 0 aliphatic carbocycles. The van der Waals surface area contributed by atoms with Crippen LogP contribution in [0.4, 0.5) is 0 Å². The van der Waals surface area contributed by atoms with Crippen LogP contribution in [0.1, 0.15) is 48.6 Å². The molecule has 11 heteroatoms. The number of carbonyl (C=O) groups excluding carboxylic acids is 2. The van der Waals surface area contributed by atoms with E-state index in [1.165, 1.54) is 0 Å². The van der Waals surface area contributed by atoms with Gasteiger partial charge in [0.05, 0.1) is 24.6 Å². The van der Waals surface area contributed by atoms with Crippen molar-refractivity contribution in [2.45, 2.75) is 26.1 Å². The summed E-state index contributed by atoms with van der Waals surface area (Å²) in [4.78, 5) is 21.6. The zero-order valence-corrected chi connectivity index (χ0v) is 25.3. The van der Waals surface area contributed by atoms with Crippen molar-refractivity contribution in [3.8, 4) is 0 Å². The van der Waals surface area contributed by atoms with E-state index in [0.717, 1.165) is 22.5 Å². The van der Waals surface area contributed by atoms with Gasteiger partial charge in [0.15, 0.2) is 0 Å². The number of benzene rings is 2. The van der Waals surface area contributed by atoms with E-state index in [-0.39, 0.29) is 24.6 Å². The van der Waals surface area contributed by atoms with Gasteiger partial charge in [-0.05, 0) is 37.1 Å². The monoisotopic (exact) mass is 628 g/mol. The lowest BCUT2D eigenvalue weighted by Gasteiger charge is -2.18. The van der Waals surface area contributed by atoms with Gasteiger partial charge in [0.2, 0.25) is 0 Å². The normalized spacial score (nSPS) is 11.7. The fourth-order valence-electron chi connectivity index (χ4n) is 3.63. The number of nitrogens with zero attached hydrogens (tertiary/aromatic N) is 4. The SMILES string of the molecule is CCOC(=O)CBr.CCOC(=O)COC(c1ccccc1)c1ccnn1C.Cn1nccc1C(O)c1ccccc1. The number of aromatic nitrogens is 4. The van der Waals surface area contributed by atoms with Gasteiger partial charge in [-0.3, -0.25) is 14.2 Å². The molecule has 2 aromatic heterocycles. The van der Waals surface area contributed by atoms with Crippen LogP contribution >= 0.6 is 15.9 Å². The number of rotatable bonds is 10. The maximum absolute atomic E-state index is 11.5. The molecule has 0 spiro atoms. The largest absolute Gasteiger partial charge is 0.465 e. The van der Waals surface area contributed by atoms with Crippen molar-refractivity contribution in [3.63, 3.8) is 0 Å². The maximum Gasteiger partial charge on any atom is 0.332 e. The number of carbonyl (C=O) groups is 2. The number of ether oxygens (including phenoxy) is 3. The summed E-state index contributed by atoms with van der Waals surface area (Å²) in [5, 5.41) is 18.5. The third-order valence-electron chi connectivity index (χ3n) is 5.57. The summed E-state index contributed by atoms with van der Waals surface area (Å²) in [5.74, 6) is -0.571. The molecule has 10 nitrogen and oxygen atoms in total. The van der Waals surface area contributed by atoms with E-state index >= 15 is 0 Å². The molecule has 0 fully saturated rings. The Morgan fingerprint density at radius 3 is 1.71 bits per heavy atom. The van der Waals surface area contributed by atoms with Gasteiger partial charge in [-0.2, -0.15) is 10.2 Å². The van der Waals surface area contributed by atoms with Crippen LogP contribution in [0.5, 0.6) is 0 Å². The zero-order chi connectivity index (χ0) is 30.0. The van der Waals surface area contributed by atoms with Crippen LogP contribution in [0.15, 0.2) is 85.2 Å². The first kappa shape index (κ1) is 33.4. The fraction of sp³-hybridized carbons (Fsp3) is 0.333. The first-order valence-corrected chi connectivity index (χ1v) is 14.2. The average Bonchev–Trinajstić information content (AvgIpc) is 3.62. The highest BCUT2D eigenvalue weighted by atomic mass is 79.9. The van der Waals surface area contributed by atoms with Crippen LogP contribution in [0.3, 0.4) is 0 Å². The van der Waals surface area contributed by atoms with Crippen LogP contribution < -0.4 is 0 Å². The number of halogens is 1. The maximum atomic E-state index is 11.5. The molecule has 0 saturated heterocycles. The van der Waals surface area contributed by atoms with Crippen LogP contribution in [0.2, 0.25) is 0 Å². The first-order valence-electron chi connectivity index (χ1n) is 13.0. The third-order valence-corrected chi connectivity index (χ3v) is 6.03. The molecular formula is C30H37BrN4O6. The Hall–Kier alpha value is -3.80. The quantitative estimate of drug-likeness (QED) is 0.201. The van der Waals surface area contributed by atoms with Crippen molar-refractivity contribution in [3.05, 3.63) is 108 Å². The summed E-state index contributed by atoms with van der Waals surface area (Å²) < 4.78 is 18.5. The molecule has 0 radical (unpaired) electrons. The topological polar surface area (TPSA) is 118 Å². The molecule has 0 aliphatic heterocycles. The molecule has 1 N–H and O–H groups in total. The Labute approximate surface area is 249 Å². The highest BCUT2D eigenvalue weighted by Gasteiger charge is 2.19. The summed E-state index contributed by atoms with van der Waals surface area (Å²) in [6, 6.07) is 23.0. The van der Waals surface area contributed by atoms with Gasteiger partial charge in [-0.25, -0.2) is 4.79 Å². The van der Waals surface area contributed by atoms with E-state index in [0.29, 0.717) is 18.5 Å². The molecule has 41 heavy (non-hydrogen) atoms. The second-order valence-electron chi connectivity index (χ2n) is 8.42. The molecule has 220 valence electrons. The lowest BCUT2D eigenvalue weighted by Crippen LogP contribution is -2.18. The molecule has 0 aliphatic rings. The van der Waals surface area contributed by atoms with Crippen molar-refractivity contribution >= 4 is 27.9 Å². The fourth-order valence-corrected chi connectivity index (χ4v) is 3.80. The standard InChI is InChI=1S/C15H18N2O3.C11H12N2O.C4H7BrO2/c1-3-19-14(18)11-20-15(12-7-5-4-6-8-12)13-9-10-16-17(13)2;1-13-10(7-8-12-13)11(14)9-5-3-2-4-6-9;1-2-7-4(6)3-5/h4-10,15H,3,11H2,1-2H3;2-8,11,14H,1H3;2-3H2,1H3. The molecule has 4 aromatic rings. The molecular weight excluding hydrogens is 592 g/mol. The lowest BCUT2D eigenvalue weighted by atomic mass is 10.1. The van der Waals surface area contributed by atoms with E-state index in [1.54, 1.807) is 35.6 Å².